The number of halogens is 1. The first-order valence-electron chi connectivity index (χ1n) is 8.30. The first kappa shape index (κ1) is 17.9. The number of hydrogen-bond acceptors (Lipinski definition) is 6. The van der Waals surface area contributed by atoms with E-state index < -0.39 is 43.7 Å². The third-order valence-corrected chi connectivity index (χ3v) is 8.37. The molecule has 0 aromatic heterocycles. The van der Waals surface area contributed by atoms with Crippen LogP contribution in [0.5, 0.6) is 0 Å². The topological polar surface area (TPSA) is 78.9 Å². The first-order chi connectivity index (χ1) is 11.3. The molecule has 3 aliphatic rings. The van der Waals surface area contributed by atoms with Crippen molar-refractivity contribution in [3.63, 3.8) is 0 Å². The quantitative estimate of drug-likeness (QED) is 0.264. The molecule has 1 saturated heterocycles. The number of esters is 3. The third kappa shape index (κ3) is 2.93. The molecule has 0 spiro atoms. The summed E-state index contributed by atoms with van der Waals surface area (Å²) in [5, 5.41) is 0. The Morgan fingerprint density at radius 2 is 2.04 bits per heavy atom. The van der Waals surface area contributed by atoms with Gasteiger partial charge in [-0.2, -0.15) is 0 Å². The second kappa shape index (κ2) is 6.80. The maximum absolute atomic E-state index is 12.4. The number of methoxy groups -OCH3 is 1. The van der Waals surface area contributed by atoms with E-state index in [9.17, 15) is 14.4 Å². The van der Waals surface area contributed by atoms with Gasteiger partial charge in [-0.15, -0.1) is 0 Å². The van der Waals surface area contributed by atoms with Crippen LogP contribution in [0.2, 0.25) is 0 Å². The van der Waals surface area contributed by atoms with Crippen molar-refractivity contribution in [2.24, 2.45) is 29.6 Å². The normalized spacial score (nSPS) is 37.8. The Bertz CT molecular complexity index is 547. The zero-order valence-corrected chi connectivity index (χ0v) is 16.6. The summed E-state index contributed by atoms with van der Waals surface area (Å²) in [6.45, 7) is 1.89. The molecule has 2 aliphatic carbocycles. The molecule has 136 valence electrons. The fraction of sp³-hybridized carbons (Fsp3) is 0.824. The molecule has 7 atom stereocenters. The van der Waals surface area contributed by atoms with E-state index in [2.05, 4.69) is 9.86 Å². The van der Waals surface area contributed by atoms with Crippen molar-refractivity contribution < 1.29 is 28.6 Å². The average Bonchev–Trinajstić information content (AvgIpc) is 3.14. The van der Waals surface area contributed by atoms with Gasteiger partial charge in [-0.1, -0.05) is 0 Å². The monoisotopic (exact) mass is 452 g/mol. The second-order valence-corrected chi connectivity index (χ2v) is 13.5. The van der Waals surface area contributed by atoms with Gasteiger partial charge in [0.1, 0.15) is 0 Å². The molecular formula is C17H25IO6. The average molecular weight is 452 g/mol. The van der Waals surface area contributed by atoms with Crippen molar-refractivity contribution in [3.8, 4) is 0 Å². The van der Waals surface area contributed by atoms with Gasteiger partial charge in [-0.05, 0) is 0 Å². The van der Waals surface area contributed by atoms with Crippen LogP contribution in [0.1, 0.15) is 19.8 Å². The molecule has 0 aromatic carbocycles. The van der Waals surface area contributed by atoms with Crippen LogP contribution in [0.25, 0.3) is 0 Å². The van der Waals surface area contributed by atoms with Gasteiger partial charge in [0.25, 0.3) is 0 Å². The van der Waals surface area contributed by atoms with E-state index >= 15 is 0 Å². The number of alkyl halides is 3. The van der Waals surface area contributed by atoms with E-state index in [1.165, 1.54) is 7.11 Å². The number of rotatable bonds is 6. The molecular weight excluding hydrogens is 427 g/mol. The Morgan fingerprint density at radius 3 is 2.67 bits per heavy atom. The van der Waals surface area contributed by atoms with Crippen molar-refractivity contribution >= 4 is 37.7 Å². The summed E-state index contributed by atoms with van der Waals surface area (Å²) >= 11 is -0.862. The summed E-state index contributed by atoms with van der Waals surface area (Å²) in [6.07, 6.45) is 0.637. The molecule has 7 heteroatoms. The molecule has 3 rings (SSSR count). The van der Waals surface area contributed by atoms with E-state index in [0.29, 0.717) is 6.42 Å². The van der Waals surface area contributed by atoms with Crippen LogP contribution in [0.4, 0.5) is 0 Å². The summed E-state index contributed by atoms with van der Waals surface area (Å²) in [7, 11) is 1.32. The van der Waals surface area contributed by atoms with Crippen molar-refractivity contribution in [3.05, 3.63) is 0 Å². The van der Waals surface area contributed by atoms with Crippen LogP contribution in [-0.2, 0) is 28.6 Å². The van der Waals surface area contributed by atoms with E-state index in [1.807, 2.05) is 6.92 Å². The Hall–Kier alpha value is -0.860. The summed E-state index contributed by atoms with van der Waals surface area (Å²) in [5.41, 5.74) is 0. The first-order valence-corrected chi connectivity index (χ1v) is 14.1. The molecule has 24 heavy (non-hydrogen) atoms. The van der Waals surface area contributed by atoms with Crippen molar-refractivity contribution in [1.29, 1.82) is 0 Å². The Morgan fingerprint density at radius 1 is 1.33 bits per heavy atom. The molecule has 0 aromatic rings. The Labute approximate surface area is 149 Å². The molecule has 0 radical (unpaired) electrons. The number of carbonyl (C=O) groups excluding carboxylic acids is 3. The summed E-state index contributed by atoms with van der Waals surface area (Å²) in [6, 6.07) is 0. The van der Waals surface area contributed by atoms with Gasteiger partial charge in [-0.25, -0.2) is 0 Å². The van der Waals surface area contributed by atoms with Gasteiger partial charge >= 0.3 is 149 Å². The van der Waals surface area contributed by atoms with Crippen LogP contribution in [0, 0.1) is 29.6 Å². The number of carbonyl (C=O) groups is 3. The standard InChI is InChI=1S/C17H25IO6/c1-8(5-6-18(2)3)15(19)23-13-9-7-10-12(11(9)16(20)22-4)17(21)24-14(10)13/h8-14H,5-7H2,1-4H3/t8-,9?,10?,11?,12?,13?,14?/m0/s1. The molecule has 6 nitrogen and oxygen atoms in total. The number of fused-ring (bicyclic) bond motifs is 1. The van der Waals surface area contributed by atoms with Crippen LogP contribution in [0.3, 0.4) is 0 Å². The van der Waals surface area contributed by atoms with Crippen molar-refractivity contribution in [2.75, 3.05) is 21.4 Å². The van der Waals surface area contributed by atoms with Gasteiger partial charge in [-0.3, -0.25) is 0 Å². The molecule has 0 N–H and O–H groups in total. The van der Waals surface area contributed by atoms with Gasteiger partial charge in [0, 0.05) is 0 Å². The summed E-state index contributed by atoms with van der Waals surface area (Å²) < 4.78 is 17.2. The minimum absolute atomic E-state index is 0.0243. The molecule has 1 aliphatic heterocycles. The van der Waals surface area contributed by atoms with E-state index in [0.717, 1.165) is 10.8 Å². The zero-order valence-electron chi connectivity index (χ0n) is 14.5. The predicted molar refractivity (Wildman–Crippen MR) is 94.9 cm³/mol. The van der Waals surface area contributed by atoms with Gasteiger partial charge in [0.15, 0.2) is 0 Å². The SMILES string of the molecule is COC(=O)C1C2CC3C(OC(=O)C31)C2OC(=O)[C@@H](C)CCI(C)C. The van der Waals surface area contributed by atoms with Gasteiger partial charge < -0.3 is 0 Å². The van der Waals surface area contributed by atoms with Crippen molar-refractivity contribution in [1.82, 2.24) is 0 Å². The van der Waals surface area contributed by atoms with Gasteiger partial charge in [0.05, 0.1) is 0 Å². The summed E-state index contributed by atoms with van der Waals surface area (Å²) in [5.74, 6) is -2.30. The zero-order chi connectivity index (χ0) is 17.6. The second-order valence-electron chi connectivity index (χ2n) is 7.23. The molecule has 6 unspecified atom stereocenters. The molecule has 1 heterocycles. The Kier molecular flexibility index (Phi) is 5.09. The molecule has 3 fully saturated rings. The maximum atomic E-state index is 12.4. The van der Waals surface area contributed by atoms with Crippen LogP contribution in [0.15, 0.2) is 0 Å². The van der Waals surface area contributed by atoms with Crippen molar-refractivity contribution in [2.45, 2.75) is 32.0 Å². The predicted octanol–water partition coefficient (Wildman–Crippen LogP) is 1.67. The fourth-order valence-electron chi connectivity index (χ4n) is 4.35. The van der Waals surface area contributed by atoms with Crippen LogP contribution in [-0.4, -0.2) is 51.5 Å². The van der Waals surface area contributed by atoms with Crippen LogP contribution < -0.4 is 0 Å². The third-order valence-electron chi connectivity index (χ3n) is 5.59. The van der Waals surface area contributed by atoms with Gasteiger partial charge in [0.2, 0.25) is 0 Å². The number of hydrogen-bond donors (Lipinski definition) is 0. The van der Waals surface area contributed by atoms with Crippen LogP contribution >= 0.6 is 19.8 Å². The van der Waals surface area contributed by atoms with E-state index in [-0.39, 0.29) is 35.8 Å². The Balaban J connectivity index is 1.70. The van der Waals surface area contributed by atoms with E-state index in [1.54, 1.807) is 0 Å². The molecule has 2 bridgehead atoms. The fourth-order valence-corrected chi connectivity index (χ4v) is 6.53. The minimum atomic E-state index is -0.862. The number of ether oxygens (including phenoxy) is 3. The summed E-state index contributed by atoms with van der Waals surface area (Å²) in [4.78, 5) is 41.2. The molecule has 2 saturated carbocycles. The van der Waals surface area contributed by atoms with E-state index in [4.69, 9.17) is 14.2 Å². The molecule has 0 amide bonds.